The highest BCUT2D eigenvalue weighted by molar-refractivity contribution is 7.99. The molecule has 0 spiro atoms. The van der Waals surface area contributed by atoms with Crippen molar-refractivity contribution >= 4 is 34.2 Å². The van der Waals surface area contributed by atoms with Gasteiger partial charge < -0.3 is 11.1 Å². The van der Waals surface area contributed by atoms with Crippen LogP contribution in [0.3, 0.4) is 0 Å². The van der Waals surface area contributed by atoms with Crippen LogP contribution in [0.4, 0.5) is 9.39 Å². The molecular weight excluding hydrogens is 309 g/mol. The molecule has 1 heterocycles. The molecule has 0 aliphatic rings. The third kappa shape index (κ3) is 4.20. The highest BCUT2D eigenvalue weighted by Gasteiger charge is 2.14. The second kappa shape index (κ2) is 6.93. The maximum absolute atomic E-state index is 12.9. The number of nitrogens with zero attached hydrogens (tertiary/aromatic N) is 1. The maximum Gasteiger partial charge on any atom is 0.251 e. The van der Waals surface area contributed by atoms with Gasteiger partial charge in [0.25, 0.3) is 5.91 Å². The summed E-state index contributed by atoms with van der Waals surface area (Å²) in [6.07, 6.45) is 0. The summed E-state index contributed by atoms with van der Waals surface area (Å²) in [5.74, 6) is -0.680. The number of rotatable bonds is 6. The molecule has 4 nitrogen and oxygen atoms in total. The minimum atomic E-state index is -0.441. The lowest BCUT2D eigenvalue weighted by atomic mass is 10.2. The fraction of sp³-hybridized carbons (Fsp3) is 0.214. The van der Waals surface area contributed by atoms with E-state index in [1.165, 1.54) is 35.4 Å². The van der Waals surface area contributed by atoms with Crippen LogP contribution in [0.5, 0.6) is 0 Å². The second-order valence-electron chi connectivity index (χ2n) is 4.43. The molecule has 0 aliphatic heterocycles. The number of amides is 1. The Morgan fingerprint density at radius 1 is 1.43 bits per heavy atom. The first-order chi connectivity index (χ1) is 9.99. The first-order valence-electron chi connectivity index (χ1n) is 6.24. The average Bonchev–Trinajstić information content (AvgIpc) is 2.84. The zero-order chi connectivity index (χ0) is 15.4. The van der Waals surface area contributed by atoms with Crippen LogP contribution >= 0.6 is 23.3 Å². The Bertz CT molecular complexity index is 628. The first-order valence-corrected chi connectivity index (χ1v) is 7.83. The van der Waals surface area contributed by atoms with Gasteiger partial charge in [-0.15, -0.1) is 11.3 Å². The van der Waals surface area contributed by atoms with Crippen LogP contribution in [0.2, 0.25) is 0 Å². The Morgan fingerprint density at radius 3 is 2.62 bits per heavy atom. The first kappa shape index (κ1) is 15.8. The molecule has 0 bridgehead atoms. The fourth-order valence-corrected chi connectivity index (χ4v) is 4.04. The number of anilines is 1. The molecule has 0 aliphatic carbocycles. The number of primary amides is 1. The van der Waals surface area contributed by atoms with Crippen LogP contribution in [0.1, 0.15) is 15.9 Å². The summed E-state index contributed by atoms with van der Waals surface area (Å²) in [6, 6.07) is 8.20. The van der Waals surface area contributed by atoms with E-state index >= 15 is 0 Å². The summed E-state index contributed by atoms with van der Waals surface area (Å²) in [5.41, 5.74) is 6.86. The van der Waals surface area contributed by atoms with Crippen molar-refractivity contribution in [3.05, 3.63) is 47.3 Å². The lowest BCUT2D eigenvalue weighted by molar-refractivity contribution is 0.100. The Balaban J connectivity index is 2.03. The molecule has 1 amide bonds. The molecule has 112 valence electrons. The molecule has 0 saturated carbocycles. The van der Waals surface area contributed by atoms with Gasteiger partial charge in [0.1, 0.15) is 10.8 Å². The van der Waals surface area contributed by atoms with Gasteiger partial charge in [0.2, 0.25) is 0 Å². The van der Waals surface area contributed by atoms with Crippen molar-refractivity contribution in [2.75, 3.05) is 19.4 Å². The minimum Gasteiger partial charge on any atom is -0.379 e. The van der Waals surface area contributed by atoms with Crippen molar-refractivity contribution in [2.24, 2.45) is 5.73 Å². The molecule has 0 fully saturated rings. The van der Waals surface area contributed by atoms with Gasteiger partial charge in [0.05, 0.1) is 9.77 Å². The Morgan fingerprint density at radius 2 is 2.10 bits per heavy atom. The number of halogens is 1. The smallest absolute Gasteiger partial charge is 0.251 e. The standard InChI is InChI=1S/C14H16FN3OS2/c1-17-14-11(13(16)19)7-12(20-14)21-18(2)8-9-3-5-10(15)6-4-9/h3-7,17H,8H2,1-2H3,(H2,16,19). The van der Waals surface area contributed by atoms with Gasteiger partial charge in [-0.1, -0.05) is 12.1 Å². The van der Waals surface area contributed by atoms with E-state index in [9.17, 15) is 9.18 Å². The lowest BCUT2D eigenvalue weighted by Crippen LogP contribution is -2.11. The van der Waals surface area contributed by atoms with Gasteiger partial charge in [-0.3, -0.25) is 4.79 Å². The highest BCUT2D eigenvalue weighted by Crippen LogP contribution is 2.36. The fourth-order valence-electron chi connectivity index (χ4n) is 1.81. The highest BCUT2D eigenvalue weighted by atomic mass is 32.2. The number of benzene rings is 1. The molecule has 3 N–H and O–H groups in total. The Hall–Kier alpha value is -1.57. The zero-order valence-electron chi connectivity index (χ0n) is 11.7. The third-order valence-electron chi connectivity index (χ3n) is 2.77. The molecule has 0 radical (unpaired) electrons. The predicted octanol–water partition coefficient (Wildman–Crippen LogP) is 3.17. The monoisotopic (exact) mass is 325 g/mol. The van der Waals surface area contributed by atoms with E-state index < -0.39 is 5.91 Å². The van der Waals surface area contributed by atoms with E-state index in [0.29, 0.717) is 12.1 Å². The van der Waals surface area contributed by atoms with Crippen LogP contribution in [-0.2, 0) is 6.54 Å². The van der Waals surface area contributed by atoms with Crippen molar-refractivity contribution in [3.8, 4) is 0 Å². The van der Waals surface area contributed by atoms with Crippen LogP contribution in [0.15, 0.2) is 34.5 Å². The molecule has 21 heavy (non-hydrogen) atoms. The van der Waals surface area contributed by atoms with E-state index in [1.807, 2.05) is 11.4 Å². The van der Waals surface area contributed by atoms with Gasteiger partial charge in [-0.2, -0.15) is 0 Å². The summed E-state index contributed by atoms with van der Waals surface area (Å²) in [6.45, 7) is 0.670. The number of nitrogens with two attached hydrogens (primary N) is 1. The number of carbonyl (C=O) groups is 1. The summed E-state index contributed by atoms with van der Waals surface area (Å²) in [4.78, 5) is 11.3. The molecule has 0 saturated heterocycles. The van der Waals surface area contributed by atoms with Crippen molar-refractivity contribution in [3.63, 3.8) is 0 Å². The number of carbonyl (C=O) groups excluding carboxylic acids is 1. The quantitative estimate of drug-likeness (QED) is 0.801. The van der Waals surface area contributed by atoms with Crippen molar-refractivity contribution < 1.29 is 9.18 Å². The Labute approximate surface area is 131 Å². The van der Waals surface area contributed by atoms with E-state index in [1.54, 1.807) is 25.2 Å². The molecule has 1 aromatic heterocycles. The van der Waals surface area contributed by atoms with Crippen molar-refractivity contribution in [1.29, 1.82) is 0 Å². The summed E-state index contributed by atoms with van der Waals surface area (Å²) < 4.78 is 15.9. The van der Waals surface area contributed by atoms with Gasteiger partial charge in [-0.25, -0.2) is 8.70 Å². The van der Waals surface area contributed by atoms with Crippen LogP contribution in [-0.4, -0.2) is 24.3 Å². The van der Waals surface area contributed by atoms with Crippen LogP contribution < -0.4 is 11.1 Å². The van der Waals surface area contributed by atoms with Crippen molar-refractivity contribution in [1.82, 2.24) is 4.31 Å². The SMILES string of the molecule is CNc1sc(SN(C)Cc2ccc(F)cc2)cc1C(N)=O. The molecule has 1 aromatic carbocycles. The van der Waals surface area contributed by atoms with Gasteiger partial charge in [0, 0.05) is 13.6 Å². The van der Waals surface area contributed by atoms with Gasteiger partial charge in [-0.05, 0) is 42.8 Å². The minimum absolute atomic E-state index is 0.239. The zero-order valence-corrected chi connectivity index (χ0v) is 13.4. The second-order valence-corrected chi connectivity index (χ2v) is 6.98. The van der Waals surface area contributed by atoms with E-state index in [0.717, 1.165) is 14.8 Å². The summed E-state index contributed by atoms with van der Waals surface area (Å²) >= 11 is 3.00. The predicted molar refractivity (Wildman–Crippen MR) is 86.1 cm³/mol. The Kier molecular flexibility index (Phi) is 5.22. The van der Waals surface area contributed by atoms with Crippen molar-refractivity contribution in [2.45, 2.75) is 10.8 Å². The molecule has 2 rings (SSSR count). The number of nitrogens with one attached hydrogen (secondary N) is 1. The molecular formula is C14H16FN3OS2. The normalized spacial score (nSPS) is 10.9. The van der Waals surface area contributed by atoms with Gasteiger partial charge in [0.15, 0.2) is 0 Å². The average molecular weight is 325 g/mol. The van der Waals surface area contributed by atoms with E-state index in [-0.39, 0.29) is 5.82 Å². The summed E-state index contributed by atoms with van der Waals surface area (Å²) in [7, 11) is 3.70. The number of hydrogen-bond acceptors (Lipinski definition) is 5. The largest absolute Gasteiger partial charge is 0.379 e. The lowest BCUT2D eigenvalue weighted by Gasteiger charge is -2.14. The van der Waals surface area contributed by atoms with E-state index in [4.69, 9.17) is 5.73 Å². The summed E-state index contributed by atoms with van der Waals surface area (Å²) in [5, 5.41) is 3.73. The maximum atomic E-state index is 12.9. The van der Waals surface area contributed by atoms with Crippen LogP contribution in [0, 0.1) is 5.82 Å². The third-order valence-corrected chi connectivity index (χ3v) is 4.93. The molecule has 7 heteroatoms. The van der Waals surface area contributed by atoms with Crippen LogP contribution in [0.25, 0.3) is 0 Å². The molecule has 2 aromatic rings. The topological polar surface area (TPSA) is 58.4 Å². The van der Waals surface area contributed by atoms with Gasteiger partial charge >= 0.3 is 0 Å². The van der Waals surface area contributed by atoms with E-state index in [2.05, 4.69) is 5.32 Å². The molecule has 0 atom stereocenters. The number of thiophene rings is 1. The number of hydrogen-bond donors (Lipinski definition) is 2. The molecule has 0 unspecified atom stereocenters.